The third-order valence-corrected chi connectivity index (χ3v) is 3.92. The van der Waals surface area contributed by atoms with E-state index in [0.717, 1.165) is 18.6 Å². The summed E-state index contributed by atoms with van der Waals surface area (Å²) < 4.78 is 5.86. The highest BCUT2D eigenvalue weighted by Crippen LogP contribution is 2.25. The number of carbonyl (C=O) groups is 2. The number of carboxylic acids is 1. The number of nitrogens with one attached hydrogen (secondary N) is 1. The molecule has 120 valence electrons. The number of hydrogen-bond acceptors (Lipinski definition) is 3. The fourth-order valence-corrected chi connectivity index (χ4v) is 2.50. The molecular weight excluding hydrogens is 282 g/mol. The summed E-state index contributed by atoms with van der Waals surface area (Å²) in [5.74, 6) is -0.490. The average molecular weight is 305 g/mol. The van der Waals surface area contributed by atoms with Crippen molar-refractivity contribution in [2.45, 2.75) is 52.1 Å². The van der Waals surface area contributed by atoms with Crippen molar-refractivity contribution in [1.29, 1.82) is 0 Å². The molecule has 0 aliphatic heterocycles. The second-order valence-corrected chi connectivity index (χ2v) is 6.46. The Morgan fingerprint density at radius 2 is 1.82 bits per heavy atom. The van der Waals surface area contributed by atoms with Crippen LogP contribution in [0, 0.1) is 5.41 Å². The number of benzene rings is 1. The SMILES string of the molecule is CC(C)(CC(=O)Nc1ccc(OC2CCCC2)cc1)C(=O)O. The Kier molecular flexibility index (Phi) is 5.06. The van der Waals surface area contributed by atoms with E-state index in [0.29, 0.717) is 11.8 Å². The molecule has 0 saturated heterocycles. The molecule has 1 aromatic rings. The fraction of sp³-hybridized carbons (Fsp3) is 0.529. The van der Waals surface area contributed by atoms with Gasteiger partial charge in [0, 0.05) is 12.1 Å². The van der Waals surface area contributed by atoms with Crippen LogP contribution >= 0.6 is 0 Å². The molecule has 0 aromatic heterocycles. The zero-order chi connectivity index (χ0) is 16.2. The summed E-state index contributed by atoms with van der Waals surface area (Å²) in [6.45, 7) is 3.07. The van der Waals surface area contributed by atoms with E-state index in [1.807, 2.05) is 12.1 Å². The standard InChI is InChI=1S/C17H23NO4/c1-17(2,16(20)21)11-15(19)18-12-7-9-14(10-8-12)22-13-5-3-4-6-13/h7-10,13H,3-6,11H2,1-2H3,(H,18,19)(H,20,21). The van der Waals surface area contributed by atoms with Crippen molar-refractivity contribution in [3.63, 3.8) is 0 Å². The van der Waals surface area contributed by atoms with Gasteiger partial charge in [-0.3, -0.25) is 9.59 Å². The molecule has 2 rings (SSSR count). The van der Waals surface area contributed by atoms with Gasteiger partial charge >= 0.3 is 5.97 Å². The van der Waals surface area contributed by atoms with E-state index in [1.165, 1.54) is 26.7 Å². The van der Waals surface area contributed by atoms with Crippen LogP contribution in [0.3, 0.4) is 0 Å². The fourth-order valence-electron chi connectivity index (χ4n) is 2.50. The molecule has 0 spiro atoms. The summed E-state index contributed by atoms with van der Waals surface area (Å²) in [7, 11) is 0. The van der Waals surface area contributed by atoms with Crippen LogP contribution in [-0.2, 0) is 9.59 Å². The average Bonchev–Trinajstić information content (AvgIpc) is 2.93. The molecule has 0 unspecified atom stereocenters. The molecule has 1 saturated carbocycles. The van der Waals surface area contributed by atoms with Crippen LogP contribution in [0.5, 0.6) is 5.75 Å². The quantitative estimate of drug-likeness (QED) is 0.844. The molecule has 0 radical (unpaired) electrons. The molecule has 2 N–H and O–H groups in total. The monoisotopic (exact) mass is 305 g/mol. The Balaban J connectivity index is 1.87. The largest absolute Gasteiger partial charge is 0.490 e. The minimum atomic E-state index is -1.07. The summed E-state index contributed by atoms with van der Waals surface area (Å²) >= 11 is 0. The second-order valence-electron chi connectivity index (χ2n) is 6.46. The van der Waals surface area contributed by atoms with Gasteiger partial charge in [-0.15, -0.1) is 0 Å². The Bertz CT molecular complexity index is 530. The minimum Gasteiger partial charge on any atom is -0.490 e. The third-order valence-electron chi connectivity index (χ3n) is 3.92. The Hall–Kier alpha value is -2.04. The van der Waals surface area contributed by atoms with E-state index in [-0.39, 0.29) is 12.3 Å². The first kappa shape index (κ1) is 16.3. The van der Waals surface area contributed by atoms with E-state index < -0.39 is 11.4 Å². The number of carbonyl (C=O) groups excluding carboxylic acids is 1. The van der Waals surface area contributed by atoms with Crippen LogP contribution in [0.15, 0.2) is 24.3 Å². The highest BCUT2D eigenvalue weighted by Gasteiger charge is 2.30. The molecular formula is C17H23NO4. The summed E-state index contributed by atoms with van der Waals surface area (Å²) in [6.07, 6.45) is 4.88. The van der Waals surface area contributed by atoms with Gasteiger partial charge in [-0.1, -0.05) is 0 Å². The van der Waals surface area contributed by atoms with Crippen molar-refractivity contribution in [3.8, 4) is 5.75 Å². The predicted molar refractivity (Wildman–Crippen MR) is 84.0 cm³/mol. The lowest BCUT2D eigenvalue weighted by Crippen LogP contribution is -2.29. The van der Waals surface area contributed by atoms with Crippen molar-refractivity contribution < 1.29 is 19.4 Å². The number of anilines is 1. The summed E-state index contributed by atoms with van der Waals surface area (Å²) in [6, 6.07) is 7.21. The zero-order valence-corrected chi connectivity index (χ0v) is 13.1. The van der Waals surface area contributed by atoms with Crippen molar-refractivity contribution >= 4 is 17.6 Å². The highest BCUT2D eigenvalue weighted by molar-refractivity contribution is 5.94. The first-order chi connectivity index (χ1) is 10.4. The Morgan fingerprint density at radius 3 is 2.36 bits per heavy atom. The maximum Gasteiger partial charge on any atom is 0.309 e. The number of hydrogen-bond donors (Lipinski definition) is 2. The predicted octanol–water partition coefficient (Wildman–Crippen LogP) is 3.45. The van der Waals surface area contributed by atoms with Crippen molar-refractivity contribution in [2.24, 2.45) is 5.41 Å². The molecule has 22 heavy (non-hydrogen) atoms. The first-order valence-corrected chi connectivity index (χ1v) is 7.67. The van der Waals surface area contributed by atoms with Crippen LogP contribution in [0.1, 0.15) is 46.0 Å². The number of carboxylic acid groups (broad SMARTS) is 1. The van der Waals surface area contributed by atoms with Crippen LogP contribution in [0.25, 0.3) is 0 Å². The molecule has 1 aliphatic carbocycles. The summed E-state index contributed by atoms with van der Waals surface area (Å²) in [5.41, 5.74) is -0.430. The zero-order valence-electron chi connectivity index (χ0n) is 13.1. The van der Waals surface area contributed by atoms with E-state index in [2.05, 4.69) is 5.32 Å². The van der Waals surface area contributed by atoms with Gasteiger partial charge in [-0.2, -0.15) is 0 Å². The van der Waals surface area contributed by atoms with E-state index in [9.17, 15) is 9.59 Å². The van der Waals surface area contributed by atoms with Crippen molar-refractivity contribution in [3.05, 3.63) is 24.3 Å². The maximum atomic E-state index is 11.9. The minimum absolute atomic E-state index is 0.0668. The van der Waals surface area contributed by atoms with Gasteiger partial charge < -0.3 is 15.2 Å². The van der Waals surface area contributed by atoms with Gasteiger partial charge in [0.2, 0.25) is 5.91 Å². The first-order valence-electron chi connectivity index (χ1n) is 7.67. The smallest absolute Gasteiger partial charge is 0.309 e. The van der Waals surface area contributed by atoms with E-state index >= 15 is 0 Å². The lowest BCUT2D eigenvalue weighted by Gasteiger charge is -2.18. The second kappa shape index (κ2) is 6.81. The molecule has 1 aromatic carbocycles. The molecule has 1 fully saturated rings. The van der Waals surface area contributed by atoms with Crippen molar-refractivity contribution in [2.75, 3.05) is 5.32 Å². The molecule has 0 bridgehead atoms. The number of ether oxygens (including phenoxy) is 1. The van der Waals surface area contributed by atoms with Gasteiger partial charge in [-0.25, -0.2) is 0 Å². The molecule has 0 atom stereocenters. The topological polar surface area (TPSA) is 75.6 Å². The molecule has 5 heteroatoms. The normalized spacial score (nSPS) is 15.5. The van der Waals surface area contributed by atoms with Crippen LogP contribution in [-0.4, -0.2) is 23.1 Å². The van der Waals surface area contributed by atoms with E-state index in [1.54, 1.807) is 12.1 Å². The number of amides is 1. The van der Waals surface area contributed by atoms with Gasteiger partial charge in [0.1, 0.15) is 5.75 Å². The molecule has 5 nitrogen and oxygen atoms in total. The number of aliphatic carboxylic acids is 1. The number of rotatable bonds is 6. The van der Waals surface area contributed by atoms with E-state index in [4.69, 9.17) is 9.84 Å². The molecule has 0 heterocycles. The van der Waals surface area contributed by atoms with Gasteiger partial charge in [0.25, 0.3) is 0 Å². The highest BCUT2D eigenvalue weighted by atomic mass is 16.5. The Labute approximate surface area is 130 Å². The van der Waals surface area contributed by atoms with Crippen LogP contribution in [0.2, 0.25) is 0 Å². The Morgan fingerprint density at radius 1 is 1.23 bits per heavy atom. The third kappa shape index (κ3) is 4.48. The van der Waals surface area contributed by atoms with Gasteiger partial charge in [-0.05, 0) is 63.8 Å². The van der Waals surface area contributed by atoms with Crippen molar-refractivity contribution in [1.82, 2.24) is 0 Å². The van der Waals surface area contributed by atoms with Crippen LogP contribution < -0.4 is 10.1 Å². The summed E-state index contributed by atoms with van der Waals surface area (Å²) in [4.78, 5) is 22.9. The maximum absolute atomic E-state index is 11.9. The van der Waals surface area contributed by atoms with Gasteiger partial charge in [0.15, 0.2) is 0 Å². The molecule has 1 aliphatic rings. The van der Waals surface area contributed by atoms with Gasteiger partial charge in [0.05, 0.1) is 11.5 Å². The van der Waals surface area contributed by atoms with Crippen LogP contribution in [0.4, 0.5) is 5.69 Å². The lowest BCUT2D eigenvalue weighted by molar-refractivity contribution is -0.148. The lowest BCUT2D eigenvalue weighted by atomic mass is 9.89. The molecule has 1 amide bonds. The summed E-state index contributed by atoms with van der Waals surface area (Å²) in [5, 5.41) is 11.7.